The summed E-state index contributed by atoms with van der Waals surface area (Å²) >= 11 is 8.94. The van der Waals surface area contributed by atoms with E-state index in [0.717, 1.165) is 6.07 Å². The molecule has 1 rings (SSSR count). The van der Waals surface area contributed by atoms with Gasteiger partial charge in [-0.2, -0.15) is 0 Å². The molecule has 0 aliphatic carbocycles. The van der Waals surface area contributed by atoms with Crippen LogP contribution in [-0.4, -0.2) is 12.6 Å². The van der Waals surface area contributed by atoms with Crippen LogP contribution in [0.1, 0.15) is 22.8 Å². The minimum atomic E-state index is -0.609. The largest absolute Gasteiger partial charge is 0.462 e. The predicted octanol–water partition coefficient (Wildman–Crippen LogP) is 3.55. The van der Waals surface area contributed by atoms with E-state index >= 15 is 0 Å². The molecule has 0 saturated heterocycles. The quantitative estimate of drug-likeness (QED) is 0.629. The van der Waals surface area contributed by atoms with Crippen molar-refractivity contribution in [2.45, 2.75) is 12.3 Å². The Hall–Kier alpha value is -0.610. The number of rotatable bonds is 3. The minimum absolute atomic E-state index is 0.0562. The number of hydrogen-bond acceptors (Lipinski definition) is 2. The van der Waals surface area contributed by atoms with Gasteiger partial charge in [-0.1, -0.05) is 27.5 Å². The van der Waals surface area contributed by atoms with Crippen LogP contribution >= 0.6 is 27.5 Å². The fourth-order valence-corrected chi connectivity index (χ4v) is 1.75. The van der Waals surface area contributed by atoms with Crippen molar-refractivity contribution in [3.63, 3.8) is 0 Å². The van der Waals surface area contributed by atoms with Crippen molar-refractivity contribution in [1.29, 1.82) is 0 Å². The van der Waals surface area contributed by atoms with Gasteiger partial charge >= 0.3 is 5.97 Å². The van der Waals surface area contributed by atoms with Crippen LogP contribution in [0.5, 0.6) is 0 Å². The summed E-state index contributed by atoms with van der Waals surface area (Å²) in [5, 5.41) is 0.547. The van der Waals surface area contributed by atoms with Gasteiger partial charge in [-0.15, -0.1) is 0 Å². The van der Waals surface area contributed by atoms with E-state index in [2.05, 4.69) is 15.9 Å². The molecule has 0 amide bonds. The van der Waals surface area contributed by atoms with E-state index in [4.69, 9.17) is 16.3 Å². The molecule has 0 N–H and O–H groups in total. The number of esters is 1. The van der Waals surface area contributed by atoms with Gasteiger partial charge in [-0.25, -0.2) is 9.18 Å². The van der Waals surface area contributed by atoms with E-state index < -0.39 is 11.8 Å². The second-order valence-electron chi connectivity index (χ2n) is 2.78. The summed E-state index contributed by atoms with van der Waals surface area (Å²) < 4.78 is 18.1. The fourth-order valence-electron chi connectivity index (χ4n) is 1.06. The molecule has 0 spiro atoms. The van der Waals surface area contributed by atoms with Gasteiger partial charge in [0.1, 0.15) is 5.82 Å². The average molecular weight is 296 g/mol. The number of benzene rings is 1. The summed E-state index contributed by atoms with van der Waals surface area (Å²) in [5.74, 6) is -1.08. The lowest BCUT2D eigenvalue weighted by molar-refractivity contribution is 0.0526. The Bertz CT molecular complexity index is 382. The van der Waals surface area contributed by atoms with Gasteiger partial charge in [-0.3, -0.25) is 0 Å². The zero-order valence-electron chi connectivity index (χ0n) is 8.02. The highest BCUT2D eigenvalue weighted by atomic mass is 79.9. The molecule has 0 aromatic heterocycles. The summed E-state index contributed by atoms with van der Waals surface area (Å²) in [7, 11) is 0. The highest BCUT2D eigenvalue weighted by molar-refractivity contribution is 9.08. The molecule has 0 atom stereocenters. The van der Waals surface area contributed by atoms with Crippen molar-refractivity contribution in [1.82, 2.24) is 0 Å². The molecule has 82 valence electrons. The Morgan fingerprint density at radius 2 is 2.27 bits per heavy atom. The third-order valence-electron chi connectivity index (χ3n) is 1.78. The molecule has 0 heterocycles. The molecule has 0 aliphatic heterocycles. The molecular formula is C10H9BrClFO2. The maximum atomic E-state index is 13.3. The first kappa shape index (κ1) is 12.5. The Morgan fingerprint density at radius 3 is 2.80 bits per heavy atom. The number of carbonyl (C=O) groups is 1. The van der Waals surface area contributed by atoms with Crippen molar-refractivity contribution in [3.05, 3.63) is 34.1 Å². The molecule has 0 bridgehead atoms. The topological polar surface area (TPSA) is 26.3 Å². The third kappa shape index (κ3) is 2.92. The van der Waals surface area contributed by atoms with E-state index in [1.165, 1.54) is 6.07 Å². The summed E-state index contributed by atoms with van der Waals surface area (Å²) in [4.78, 5) is 11.3. The molecule has 0 fully saturated rings. The molecular weight excluding hydrogens is 286 g/mol. The van der Waals surface area contributed by atoms with Gasteiger partial charge in [0, 0.05) is 5.33 Å². The van der Waals surface area contributed by atoms with Crippen LogP contribution in [0.2, 0.25) is 5.02 Å². The highest BCUT2D eigenvalue weighted by Gasteiger charge is 2.15. The molecule has 0 radical (unpaired) electrons. The summed E-state index contributed by atoms with van der Waals surface area (Å²) in [6, 6.07) is 2.51. The first-order valence-corrected chi connectivity index (χ1v) is 5.81. The lowest BCUT2D eigenvalue weighted by atomic mass is 10.1. The molecule has 2 nitrogen and oxygen atoms in total. The van der Waals surface area contributed by atoms with Gasteiger partial charge in [0.05, 0.1) is 17.2 Å². The third-order valence-corrected chi connectivity index (χ3v) is 2.69. The van der Waals surface area contributed by atoms with E-state index in [9.17, 15) is 9.18 Å². The van der Waals surface area contributed by atoms with Gasteiger partial charge in [-0.05, 0) is 24.6 Å². The standard InChI is InChI=1S/C10H9BrClFO2/c1-2-15-10(14)7-4-9(13)6(5-11)3-8(7)12/h3-4H,2,5H2,1H3. The van der Waals surface area contributed by atoms with Gasteiger partial charge in [0.25, 0.3) is 0 Å². The average Bonchev–Trinajstić information content (AvgIpc) is 2.21. The Morgan fingerprint density at radius 1 is 1.60 bits per heavy atom. The molecule has 0 aliphatic rings. The smallest absolute Gasteiger partial charge is 0.339 e. The van der Waals surface area contributed by atoms with Crippen LogP contribution in [0.25, 0.3) is 0 Å². The second-order valence-corrected chi connectivity index (χ2v) is 3.75. The van der Waals surface area contributed by atoms with Crippen molar-refractivity contribution in [2.75, 3.05) is 6.61 Å². The molecule has 1 aromatic carbocycles. The number of alkyl halides is 1. The van der Waals surface area contributed by atoms with E-state index in [0.29, 0.717) is 10.9 Å². The van der Waals surface area contributed by atoms with Gasteiger partial charge < -0.3 is 4.74 Å². The molecule has 0 unspecified atom stereocenters. The summed E-state index contributed by atoms with van der Waals surface area (Å²) in [6.45, 7) is 1.91. The van der Waals surface area contributed by atoms with E-state index in [1.54, 1.807) is 6.92 Å². The lowest BCUT2D eigenvalue weighted by Gasteiger charge is -2.06. The van der Waals surface area contributed by atoms with Gasteiger partial charge in [0.15, 0.2) is 0 Å². The van der Waals surface area contributed by atoms with Crippen LogP contribution in [0, 0.1) is 5.82 Å². The maximum Gasteiger partial charge on any atom is 0.339 e. The van der Waals surface area contributed by atoms with Crippen LogP contribution in [0.3, 0.4) is 0 Å². The number of ether oxygens (including phenoxy) is 1. The second kappa shape index (κ2) is 5.47. The van der Waals surface area contributed by atoms with Crippen LogP contribution in [0.15, 0.2) is 12.1 Å². The molecule has 15 heavy (non-hydrogen) atoms. The minimum Gasteiger partial charge on any atom is -0.462 e. The Kier molecular flexibility index (Phi) is 4.54. The maximum absolute atomic E-state index is 13.3. The van der Waals surface area contributed by atoms with E-state index in [1.807, 2.05) is 0 Å². The zero-order valence-corrected chi connectivity index (χ0v) is 10.4. The van der Waals surface area contributed by atoms with Crippen molar-refractivity contribution >= 4 is 33.5 Å². The van der Waals surface area contributed by atoms with Crippen molar-refractivity contribution in [2.24, 2.45) is 0 Å². The van der Waals surface area contributed by atoms with Crippen LogP contribution < -0.4 is 0 Å². The Labute approximate surface area is 101 Å². The highest BCUT2D eigenvalue weighted by Crippen LogP contribution is 2.23. The van der Waals surface area contributed by atoms with Gasteiger partial charge in [0.2, 0.25) is 0 Å². The van der Waals surface area contributed by atoms with Crippen molar-refractivity contribution in [3.8, 4) is 0 Å². The molecule has 5 heteroatoms. The monoisotopic (exact) mass is 294 g/mol. The zero-order chi connectivity index (χ0) is 11.4. The summed E-state index contributed by atoms with van der Waals surface area (Å²) in [5.41, 5.74) is 0.466. The predicted molar refractivity (Wildman–Crippen MR) is 60.0 cm³/mol. The van der Waals surface area contributed by atoms with E-state index in [-0.39, 0.29) is 17.2 Å². The summed E-state index contributed by atoms with van der Waals surface area (Å²) in [6.07, 6.45) is 0. The van der Waals surface area contributed by atoms with Crippen LogP contribution in [0.4, 0.5) is 4.39 Å². The SMILES string of the molecule is CCOC(=O)c1cc(F)c(CBr)cc1Cl. The first-order chi connectivity index (χ1) is 7.10. The Balaban J connectivity index is 3.10. The molecule has 1 aromatic rings. The molecule has 0 saturated carbocycles. The lowest BCUT2D eigenvalue weighted by Crippen LogP contribution is -2.06. The first-order valence-electron chi connectivity index (χ1n) is 4.31. The number of hydrogen-bond donors (Lipinski definition) is 0. The van der Waals surface area contributed by atoms with Crippen molar-refractivity contribution < 1.29 is 13.9 Å². The van der Waals surface area contributed by atoms with Crippen LogP contribution in [-0.2, 0) is 10.1 Å². The normalized spacial score (nSPS) is 10.1. The number of carbonyl (C=O) groups excluding carboxylic acids is 1. The fraction of sp³-hybridized carbons (Fsp3) is 0.300. The number of halogens is 3.